The molecule has 3 unspecified atom stereocenters. The minimum absolute atomic E-state index is 0.0858. The molecule has 20 heavy (non-hydrogen) atoms. The second-order valence-corrected chi connectivity index (χ2v) is 5.41. The highest BCUT2D eigenvalue weighted by Gasteiger charge is 2.41. The van der Waals surface area contributed by atoms with E-state index in [1.54, 1.807) is 18.2 Å². The summed E-state index contributed by atoms with van der Waals surface area (Å²) in [6.07, 6.45) is -1.41. The number of nitrogens with one attached hydrogen (secondary N) is 1. The van der Waals surface area contributed by atoms with E-state index in [0.29, 0.717) is 6.42 Å². The van der Waals surface area contributed by atoms with Crippen LogP contribution in [0, 0.1) is 5.92 Å². The molecule has 1 saturated carbocycles. The molecule has 112 valence electrons. The van der Waals surface area contributed by atoms with Crippen LogP contribution in [0.5, 0.6) is 0 Å². The maximum absolute atomic E-state index is 13.1. The van der Waals surface area contributed by atoms with Crippen molar-refractivity contribution in [1.82, 2.24) is 5.32 Å². The average molecular weight is 287 g/mol. The molecule has 2 N–H and O–H groups in total. The zero-order valence-electron chi connectivity index (χ0n) is 11.2. The van der Waals surface area contributed by atoms with Crippen LogP contribution in [0.1, 0.15) is 37.3 Å². The summed E-state index contributed by atoms with van der Waals surface area (Å²) in [5.41, 5.74) is 0.213. The molecule has 0 aromatic heterocycles. The Morgan fingerprint density at radius 3 is 2.40 bits per heavy atom. The number of benzene rings is 1. The van der Waals surface area contributed by atoms with Gasteiger partial charge in [0.25, 0.3) is 0 Å². The normalized spacial score (nSPS) is 25.4. The zero-order chi connectivity index (χ0) is 14.6. The standard InChI is InChI=1S/C15H20F3NO/c16-15(17,18)14(11-6-2-1-3-7-11)19-10-12-8-4-5-9-13(12)20/h1-3,6-7,12-14,19-20H,4-5,8-10H2. The first-order valence-electron chi connectivity index (χ1n) is 7.01. The summed E-state index contributed by atoms with van der Waals surface area (Å²) < 4.78 is 39.4. The first-order valence-corrected chi connectivity index (χ1v) is 7.01. The molecule has 1 aliphatic rings. The van der Waals surface area contributed by atoms with E-state index in [4.69, 9.17) is 0 Å². The smallest absolute Gasteiger partial charge is 0.393 e. The van der Waals surface area contributed by atoms with Crippen molar-refractivity contribution in [2.75, 3.05) is 6.54 Å². The predicted octanol–water partition coefficient (Wildman–Crippen LogP) is 3.43. The van der Waals surface area contributed by atoms with Crippen LogP contribution in [-0.2, 0) is 0 Å². The van der Waals surface area contributed by atoms with Crippen molar-refractivity contribution in [2.45, 2.75) is 44.0 Å². The maximum Gasteiger partial charge on any atom is 0.407 e. The summed E-state index contributed by atoms with van der Waals surface area (Å²) in [6.45, 7) is 0.195. The van der Waals surface area contributed by atoms with Crippen molar-refractivity contribution in [3.05, 3.63) is 35.9 Å². The SMILES string of the molecule is OC1CCCCC1CNC(c1ccccc1)C(F)(F)F. The van der Waals surface area contributed by atoms with E-state index in [0.717, 1.165) is 19.3 Å². The Bertz CT molecular complexity index is 407. The van der Waals surface area contributed by atoms with Crippen molar-refractivity contribution < 1.29 is 18.3 Å². The van der Waals surface area contributed by atoms with E-state index in [-0.39, 0.29) is 18.0 Å². The predicted molar refractivity (Wildman–Crippen MR) is 71.2 cm³/mol. The van der Waals surface area contributed by atoms with E-state index < -0.39 is 18.3 Å². The summed E-state index contributed by atoms with van der Waals surface area (Å²) in [4.78, 5) is 0. The Morgan fingerprint density at radius 1 is 1.15 bits per heavy atom. The van der Waals surface area contributed by atoms with Gasteiger partial charge < -0.3 is 10.4 Å². The summed E-state index contributed by atoms with van der Waals surface area (Å²) in [5, 5.41) is 12.4. The molecule has 1 fully saturated rings. The summed E-state index contributed by atoms with van der Waals surface area (Å²) in [5.74, 6) is -0.0858. The van der Waals surface area contributed by atoms with Crippen LogP contribution in [-0.4, -0.2) is 23.9 Å². The van der Waals surface area contributed by atoms with Crippen LogP contribution in [0.4, 0.5) is 13.2 Å². The molecule has 1 aromatic rings. The molecule has 1 aliphatic carbocycles. The average Bonchev–Trinajstić information content (AvgIpc) is 2.41. The Kier molecular flexibility index (Phi) is 5.05. The summed E-state index contributed by atoms with van der Waals surface area (Å²) in [7, 11) is 0. The second kappa shape index (κ2) is 6.59. The van der Waals surface area contributed by atoms with Crippen molar-refractivity contribution in [1.29, 1.82) is 0 Å². The van der Waals surface area contributed by atoms with Crippen molar-refractivity contribution in [3.8, 4) is 0 Å². The molecule has 0 saturated heterocycles. The molecular formula is C15H20F3NO. The lowest BCUT2D eigenvalue weighted by atomic mass is 9.86. The van der Waals surface area contributed by atoms with Gasteiger partial charge in [0, 0.05) is 6.54 Å². The number of hydrogen-bond donors (Lipinski definition) is 2. The molecule has 5 heteroatoms. The van der Waals surface area contributed by atoms with Crippen LogP contribution >= 0.6 is 0 Å². The van der Waals surface area contributed by atoms with Gasteiger partial charge in [0.15, 0.2) is 0 Å². The molecule has 2 rings (SSSR count). The number of halogens is 3. The lowest BCUT2D eigenvalue weighted by molar-refractivity contribution is -0.158. The van der Waals surface area contributed by atoms with Gasteiger partial charge in [0.05, 0.1) is 6.10 Å². The molecule has 3 atom stereocenters. The molecule has 0 amide bonds. The molecule has 0 heterocycles. The highest BCUT2D eigenvalue weighted by molar-refractivity contribution is 5.20. The number of alkyl halides is 3. The highest BCUT2D eigenvalue weighted by atomic mass is 19.4. The van der Waals surface area contributed by atoms with Crippen LogP contribution in [0.25, 0.3) is 0 Å². The Balaban J connectivity index is 2.02. The Morgan fingerprint density at radius 2 is 1.80 bits per heavy atom. The van der Waals surface area contributed by atoms with Gasteiger partial charge in [-0.1, -0.05) is 43.2 Å². The van der Waals surface area contributed by atoms with E-state index in [1.165, 1.54) is 12.1 Å². The lowest BCUT2D eigenvalue weighted by Gasteiger charge is -2.30. The lowest BCUT2D eigenvalue weighted by Crippen LogP contribution is -2.40. The van der Waals surface area contributed by atoms with Crippen molar-refractivity contribution >= 4 is 0 Å². The number of hydrogen-bond acceptors (Lipinski definition) is 2. The fourth-order valence-corrected chi connectivity index (χ4v) is 2.76. The quantitative estimate of drug-likeness (QED) is 0.889. The fourth-order valence-electron chi connectivity index (χ4n) is 2.76. The first kappa shape index (κ1) is 15.3. The van der Waals surface area contributed by atoms with Crippen molar-refractivity contribution in [2.24, 2.45) is 5.92 Å². The van der Waals surface area contributed by atoms with Gasteiger partial charge in [-0.05, 0) is 24.3 Å². The van der Waals surface area contributed by atoms with Crippen LogP contribution in [0.15, 0.2) is 30.3 Å². The summed E-state index contributed by atoms with van der Waals surface area (Å²) >= 11 is 0. The van der Waals surface area contributed by atoms with Gasteiger partial charge in [-0.3, -0.25) is 0 Å². The number of aliphatic hydroxyl groups excluding tert-OH is 1. The molecule has 1 aromatic carbocycles. The highest BCUT2D eigenvalue weighted by Crippen LogP contribution is 2.33. The third-order valence-electron chi connectivity index (χ3n) is 3.91. The third kappa shape index (κ3) is 3.96. The minimum Gasteiger partial charge on any atom is -0.393 e. The van der Waals surface area contributed by atoms with Crippen LogP contribution < -0.4 is 5.32 Å². The second-order valence-electron chi connectivity index (χ2n) is 5.41. The largest absolute Gasteiger partial charge is 0.407 e. The minimum atomic E-state index is -4.33. The van der Waals surface area contributed by atoms with E-state index in [9.17, 15) is 18.3 Å². The van der Waals surface area contributed by atoms with Crippen LogP contribution in [0.2, 0.25) is 0 Å². The Hall–Kier alpha value is -1.07. The third-order valence-corrected chi connectivity index (χ3v) is 3.91. The number of rotatable bonds is 4. The Labute approximate surface area is 117 Å². The monoisotopic (exact) mass is 287 g/mol. The molecule has 0 aliphatic heterocycles. The molecule has 0 radical (unpaired) electrons. The van der Waals surface area contributed by atoms with Gasteiger partial charge >= 0.3 is 6.18 Å². The van der Waals surface area contributed by atoms with Gasteiger partial charge in [-0.15, -0.1) is 0 Å². The molecule has 2 nitrogen and oxygen atoms in total. The van der Waals surface area contributed by atoms with Gasteiger partial charge in [-0.2, -0.15) is 13.2 Å². The van der Waals surface area contributed by atoms with Gasteiger partial charge in [0.2, 0.25) is 0 Å². The topological polar surface area (TPSA) is 32.3 Å². The number of aliphatic hydroxyl groups is 1. The van der Waals surface area contributed by atoms with Crippen molar-refractivity contribution in [3.63, 3.8) is 0 Å². The van der Waals surface area contributed by atoms with E-state index in [1.807, 2.05) is 0 Å². The van der Waals surface area contributed by atoms with Crippen LogP contribution in [0.3, 0.4) is 0 Å². The van der Waals surface area contributed by atoms with E-state index in [2.05, 4.69) is 5.32 Å². The first-order chi connectivity index (χ1) is 9.48. The fraction of sp³-hybridized carbons (Fsp3) is 0.600. The summed E-state index contributed by atoms with van der Waals surface area (Å²) in [6, 6.07) is 6.18. The maximum atomic E-state index is 13.1. The molecule has 0 spiro atoms. The van der Waals surface area contributed by atoms with E-state index >= 15 is 0 Å². The molecule has 0 bridgehead atoms. The van der Waals surface area contributed by atoms with Gasteiger partial charge in [-0.25, -0.2) is 0 Å². The molecular weight excluding hydrogens is 267 g/mol. The zero-order valence-corrected chi connectivity index (χ0v) is 11.2. The van der Waals surface area contributed by atoms with Gasteiger partial charge in [0.1, 0.15) is 6.04 Å².